The quantitative estimate of drug-likeness (QED) is 0.571. The second kappa shape index (κ2) is 2.51. The van der Waals surface area contributed by atoms with Crippen LogP contribution in [0.3, 0.4) is 0 Å². The van der Waals surface area contributed by atoms with Gasteiger partial charge in [-0.15, -0.1) is 0 Å². The van der Waals surface area contributed by atoms with Crippen LogP contribution in [0.15, 0.2) is 18.3 Å². The standard InChI is InChI=1S/C8H11N3/c9-8-4-3-6-7(11-8)2-1-5-10-6/h1-2,5,8,11H,3-4,9H2. The first kappa shape index (κ1) is 6.61. The summed E-state index contributed by atoms with van der Waals surface area (Å²) in [6.07, 6.45) is 3.89. The summed E-state index contributed by atoms with van der Waals surface area (Å²) in [6, 6.07) is 3.94. The fraction of sp³-hybridized carbons (Fsp3) is 0.375. The summed E-state index contributed by atoms with van der Waals surface area (Å²) in [6.45, 7) is 0. The summed E-state index contributed by atoms with van der Waals surface area (Å²) in [7, 11) is 0. The first-order valence-corrected chi connectivity index (χ1v) is 3.82. The van der Waals surface area contributed by atoms with Crippen LogP contribution in [-0.2, 0) is 6.42 Å². The van der Waals surface area contributed by atoms with E-state index in [0.717, 1.165) is 24.2 Å². The van der Waals surface area contributed by atoms with E-state index in [4.69, 9.17) is 5.73 Å². The van der Waals surface area contributed by atoms with Crippen molar-refractivity contribution in [3.05, 3.63) is 24.0 Å². The van der Waals surface area contributed by atoms with Crippen molar-refractivity contribution in [3.8, 4) is 0 Å². The molecule has 2 rings (SSSR count). The molecule has 0 spiro atoms. The summed E-state index contributed by atoms with van der Waals surface area (Å²) in [5.74, 6) is 0. The largest absolute Gasteiger partial charge is 0.369 e. The van der Waals surface area contributed by atoms with E-state index in [1.807, 2.05) is 18.3 Å². The molecule has 1 aromatic heterocycles. The Morgan fingerprint density at radius 3 is 3.45 bits per heavy atom. The fourth-order valence-electron chi connectivity index (χ4n) is 1.33. The Morgan fingerprint density at radius 1 is 1.64 bits per heavy atom. The minimum absolute atomic E-state index is 0.103. The van der Waals surface area contributed by atoms with E-state index in [1.54, 1.807) is 0 Å². The highest BCUT2D eigenvalue weighted by atomic mass is 15.0. The summed E-state index contributed by atoms with van der Waals surface area (Å²) >= 11 is 0. The van der Waals surface area contributed by atoms with Crippen LogP contribution >= 0.6 is 0 Å². The molecule has 1 unspecified atom stereocenters. The average Bonchev–Trinajstić information content (AvgIpc) is 2.04. The van der Waals surface area contributed by atoms with Crippen LogP contribution in [0.2, 0.25) is 0 Å². The van der Waals surface area contributed by atoms with Gasteiger partial charge in [-0.25, -0.2) is 0 Å². The third-order valence-corrected chi connectivity index (χ3v) is 1.92. The van der Waals surface area contributed by atoms with Gasteiger partial charge in [0, 0.05) is 6.20 Å². The highest BCUT2D eigenvalue weighted by Crippen LogP contribution is 2.19. The molecule has 0 saturated carbocycles. The maximum atomic E-state index is 5.71. The van der Waals surface area contributed by atoms with Crippen LogP contribution in [0.5, 0.6) is 0 Å². The van der Waals surface area contributed by atoms with Gasteiger partial charge in [-0.3, -0.25) is 4.98 Å². The fourth-order valence-corrected chi connectivity index (χ4v) is 1.33. The molecule has 3 heteroatoms. The number of aryl methyl sites for hydroxylation is 1. The zero-order valence-corrected chi connectivity index (χ0v) is 6.25. The maximum absolute atomic E-state index is 5.71. The molecule has 0 radical (unpaired) electrons. The lowest BCUT2D eigenvalue weighted by Gasteiger charge is -2.22. The predicted molar refractivity (Wildman–Crippen MR) is 44.2 cm³/mol. The van der Waals surface area contributed by atoms with Crippen LogP contribution in [0.1, 0.15) is 12.1 Å². The second-order valence-corrected chi connectivity index (χ2v) is 2.79. The summed E-state index contributed by atoms with van der Waals surface area (Å²) < 4.78 is 0. The van der Waals surface area contributed by atoms with Crippen molar-refractivity contribution in [1.82, 2.24) is 4.98 Å². The Kier molecular flexibility index (Phi) is 1.51. The topological polar surface area (TPSA) is 50.9 Å². The Morgan fingerprint density at radius 2 is 2.55 bits per heavy atom. The lowest BCUT2D eigenvalue weighted by molar-refractivity contribution is 0.644. The second-order valence-electron chi connectivity index (χ2n) is 2.79. The molecule has 1 aromatic rings. The molecule has 3 N–H and O–H groups in total. The van der Waals surface area contributed by atoms with Gasteiger partial charge >= 0.3 is 0 Å². The summed E-state index contributed by atoms with van der Waals surface area (Å²) in [4.78, 5) is 4.24. The van der Waals surface area contributed by atoms with Gasteiger partial charge in [0.2, 0.25) is 0 Å². The number of aromatic nitrogens is 1. The normalized spacial score (nSPS) is 22.1. The minimum Gasteiger partial charge on any atom is -0.369 e. The third kappa shape index (κ3) is 1.19. The molecule has 11 heavy (non-hydrogen) atoms. The first-order chi connectivity index (χ1) is 5.36. The first-order valence-electron chi connectivity index (χ1n) is 3.82. The molecule has 1 aliphatic rings. The lowest BCUT2D eigenvalue weighted by Crippen LogP contribution is -2.33. The number of anilines is 1. The van der Waals surface area contributed by atoms with Crippen LogP contribution < -0.4 is 11.1 Å². The summed E-state index contributed by atoms with van der Waals surface area (Å²) in [5.41, 5.74) is 7.93. The zero-order chi connectivity index (χ0) is 7.68. The third-order valence-electron chi connectivity index (χ3n) is 1.92. The van der Waals surface area contributed by atoms with Gasteiger partial charge in [0.25, 0.3) is 0 Å². The molecule has 0 bridgehead atoms. The molecule has 0 aliphatic carbocycles. The van der Waals surface area contributed by atoms with Gasteiger partial charge < -0.3 is 11.1 Å². The molecule has 0 fully saturated rings. The number of pyridine rings is 1. The number of nitrogens with zero attached hydrogens (tertiary/aromatic N) is 1. The van der Waals surface area contributed by atoms with Gasteiger partial charge in [-0.1, -0.05) is 0 Å². The average molecular weight is 149 g/mol. The zero-order valence-electron chi connectivity index (χ0n) is 6.25. The number of hydrogen-bond donors (Lipinski definition) is 2. The van der Waals surface area contributed by atoms with Crippen LogP contribution in [0.25, 0.3) is 0 Å². The molecule has 3 nitrogen and oxygen atoms in total. The van der Waals surface area contributed by atoms with E-state index >= 15 is 0 Å². The van der Waals surface area contributed by atoms with E-state index in [9.17, 15) is 0 Å². The lowest BCUT2D eigenvalue weighted by atomic mass is 10.1. The molecule has 0 aromatic carbocycles. The van der Waals surface area contributed by atoms with Crippen molar-refractivity contribution in [3.63, 3.8) is 0 Å². The molecular formula is C8H11N3. The smallest absolute Gasteiger partial charge is 0.0747 e. The predicted octanol–water partition coefficient (Wildman–Crippen LogP) is 0.724. The monoisotopic (exact) mass is 149 g/mol. The van der Waals surface area contributed by atoms with Crippen LogP contribution in [0, 0.1) is 0 Å². The highest BCUT2D eigenvalue weighted by molar-refractivity contribution is 5.49. The number of hydrogen-bond acceptors (Lipinski definition) is 3. The highest BCUT2D eigenvalue weighted by Gasteiger charge is 2.13. The van der Waals surface area contributed by atoms with Crippen LogP contribution in [0.4, 0.5) is 5.69 Å². The molecule has 2 heterocycles. The van der Waals surface area contributed by atoms with Crippen molar-refractivity contribution in [2.75, 3.05) is 5.32 Å². The molecular weight excluding hydrogens is 138 g/mol. The van der Waals surface area contributed by atoms with Gasteiger partial charge in [-0.05, 0) is 25.0 Å². The molecule has 1 aliphatic heterocycles. The van der Waals surface area contributed by atoms with Crippen LogP contribution in [-0.4, -0.2) is 11.1 Å². The molecule has 0 amide bonds. The number of nitrogens with two attached hydrogens (primary N) is 1. The number of nitrogens with one attached hydrogen (secondary N) is 1. The van der Waals surface area contributed by atoms with Crippen molar-refractivity contribution < 1.29 is 0 Å². The Hall–Kier alpha value is -1.09. The van der Waals surface area contributed by atoms with Gasteiger partial charge in [0.15, 0.2) is 0 Å². The van der Waals surface area contributed by atoms with Crippen molar-refractivity contribution in [2.24, 2.45) is 5.73 Å². The van der Waals surface area contributed by atoms with E-state index < -0.39 is 0 Å². The van der Waals surface area contributed by atoms with Crippen molar-refractivity contribution >= 4 is 5.69 Å². The summed E-state index contributed by atoms with van der Waals surface area (Å²) in [5, 5.41) is 3.18. The van der Waals surface area contributed by atoms with E-state index in [1.165, 1.54) is 0 Å². The SMILES string of the molecule is NC1CCc2ncccc2N1. The van der Waals surface area contributed by atoms with E-state index in [2.05, 4.69) is 10.3 Å². The minimum atomic E-state index is 0.103. The number of rotatable bonds is 0. The van der Waals surface area contributed by atoms with Gasteiger partial charge in [-0.2, -0.15) is 0 Å². The number of fused-ring (bicyclic) bond motifs is 1. The Balaban J connectivity index is 2.34. The maximum Gasteiger partial charge on any atom is 0.0747 e. The van der Waals surface area contributed by atoms with Gasteiger partial charge in [0.05, 0.1) is 17.5 Å². The van der Waals surface area contributed by atoms with E-state index in [-0.39, 0.29) is 6.17 Å². The Labute approximate surface area is 65.6 Å². The van der Waals surface area contributed by atoms with Crippen molar-refractivity contribution in [1.29, 1.82) is 0 Å². The molecule has 1 atom stereocenters. The molecule has 58 valence electrons. The Bertz CT molecular complexity index is 259. The molecule has 0 saturated heterocycles. The van der Waals surface area contributed by atoms with E-state index in [0.29, 0.717) is 0 Å². The van der Waals surface area contributed by atoms with Crippen molar-refractivity contribution in [2.45, 2.75) is 19.0 Å². The van der Waals surface area contributed by atoms with Gasteiger partial charge in [0.1, 0.15) is 0 Å².